The van der Waals surface area contributed by atoms with Gasteiger partial charge in [0.05, 0.1) is 6.20 Å². The third kappa shape index (κ3) is 1.88. The molecular formula is C4H5NOPt. The summed E-state index contributed by atoms with van der Waals surface area (Å²) in [6.07, 6.45) is 3.17. The Kier molecular flexibility index (Phi) is 2.93. The number of aromatic nitrogens is 1. The molecule has 0 aliphatic heterocycles. The minimum atomic E-state index is 0. The zero-order chi connectivity index (χ0) is 4.41. The standard InChI is InChI=1S/C4H5NO.Pt/c1-4-5-2-3-6-4;/h2-3H,1H3;. The van der Waals surface area contributed by atoms with Gasteiger partial charge in [0.15, 0.2) is 5.89 Å². The van der Waals surface area contributed by atoms with Gasteiger partial charge in [-0.2, -0.15) is 0 Å². The van der Waals surface area contributed by atoms with Gasteiger partial charge in [0.25, 0.3) is 0 Å². The fraction of sp³-hybridized carbons (Fsp3) is 0.250. The average molecular weight is 278 g/mol. The van der Waals surface area contributed by atoms with E-state index in [2.05, 4.69) is 4.98 Å². The fourth-order valence-corrected chi connectivity index (χ4v) is 0.295. The normalized spacial score (nSPS) is 7.57. The maximum atomic E-state index is 4.72. The number of aryl methyl sites for hydroxylation is 1. The molecule has 0 atom stereocenters. The molecule has 1 heterocycles. The Hall–Kier alpha value is -0.102. The molecule has 0 amide bonds. The van der Waals surface area contributed by atoms with E-state index >= 15 is 0 Å². The van der Waals surface area contributed by atoms with Crippen LogP contribution in [0.4, 0.5) is 0 Å². The minimum absolute atomic E-state index is 0. The first-order chi connectivity index (χ1) is 2.89. The molecule has 0 aliphatic carbocycles. The van der Waals surface area contributed by atoms with Crippen LogP contribution in [0, 0.1) is 6.92 Å². The summed E-state index contributed by atoms with van der Waals surface area (Å²) in [5.74, 6) is 0.718. The zero-order valence-corrected chi connectivity index (χ0v) is 6.10. The summed E-state index contributed by atoms with van der Waals surface area (Å²) in [5.41, 5.74) is 0. The number of nitrogens with zero attached hydrogens (tertiary/aromatic N) is 1. The van der Waals surface area contributed by atoms with Gasteiger partial charge in [-0.15, -0.1) is 0 Å². The zero-order valence-electron chi connectivity index (χ0n) is 3.83. The molecule has 42 valence electrons. The van der Waals surface area contributed by atoms with Crippen LogP contribution in [0.3, 0.4) is 0 Å². The van der Waals surface area contributed by atoms with E-state index in [4.69, 9.17) is 4.42 Å². The molecule has 1 aromatic rings. The van der Waals surface area contributed by atoms with Crippen LogP contribution >= 0.6 is 0 Å². The summed E-state index contributed by atoms with van der Waals surface area (Å²) in [6, 6.07) is 0. The molecule has 0 radical (unpaired) electrons. The van der Waals surface area contributed by atoms with Crippen LogP contribution in [0.1, 0.15) is 5.89 Å². The molecule has 0 aromatic carbocycles. The third-order valence-corrected chi connectivity index (χ3v) is 0.556. The van der Waals surface area contributed by atoms with Crippen LogP contribution in [-0.2, 0) is 21.1 Å². The number of hydrogen-bond acceptors (Lipinski definition) is 2. The quantitative estimate of drug-likeness (QED) is 0.707. The van der Waals surface area contributed by atoms with Crippen molar-refractivity contribution in [3.8, 4) is 0 Å². The van der Waals surface area contributed by atoms with Gasteiger partial charge in [-0.05, 0) is 0 Å². The Morgan fingerprint density at radius 1 is 1.71 bits per heavy atom. The molecule has 2 nitrogen and oxygen atoms in total. The van der Waals surface area contributed by atoms with E-state index < -0.39 is 0 Å². The van der Waals surface area contributed by atoms with E-state index in [0.29, 0.717) is 0 Å². The molecule has 7 heavy (non-hydrogen) atoms. The van der Waals surface area contributed by atoms with Crippen molar-refractivity contribution in [2.24, 2.45) is 0 Å². The summed E-state index contributed by atoms with van der Waals surface area (Å²) in [5, 5.41) is 0. The fourth-order valence-electron chi connectivity index (χ4n) is 0.295. The van der Waals surface area contributed by atoms with Crippen molar-refractivity contribution in [3.05, 3.63) is 18.4 Å². The van der Waals surface area contributed by atoms with Crippen molar-refractivity contribution in [1.29, 1.82) is 0 Å². The Balaban J connectivity index is 0.000000360. The smallest absolute Gasteiger partial charge is 0.190 e. The molecule has 3 heteroatoms. The predicted molar refractivity (Wildman–Crippen MR) is 21.2 cm³/mol. The Labute approximate surface area is 56.2 Å². The molecular weight excluding hydrogens is 273 g/mol. The van der Waals surface area contributed by atoms with Crippen LogP contribution in [-0.4, -0.2) is 4.98 Å². The van der Waals surface area contributed by atoms with Gasteiger partial charge in [0.1, 0.15) is 6.26 Å². The largest absolute Gasteiger partial charge is 0.449 e. The van der Waals surface area contributed by atoms with Crippen molar-refractivity contribution in [1.82, 2.24) is 4.98 Å². The second-order valence-corrected chi connectivity index (χ2v) is 1.05. The van der Waals surface area contributed by atoms with E-state index in [9.17, 15) is 0 Å². The molecule has 1 rings (SSSR count). The monoisotopic (exact) mass is 278 g/mol. The van der Waals surface area contributed by atoms with Crippen molar-refractivity contribution >= 4 is 0 Å². The van der Waals surface area contributed by atoms with Gasteiger partial charge < -0.3 is 4.42 Å². The molecule has 0 saturated carbocycles. The van der Waals surface area contributed by atoms with E-state index in [1.54, 1.807) is 19.4 Å². The van der Waals surface area contributed by atoms with Gasteiger partial charge in [-0.3, -0.25) is 0 Å². The Morgan fingerprint density at radius 3 is 2.57 bits per heavy atom. The van der Waals surface area contributed by atoms with Crippen LogP contribution in [0.2, 0.25) is 0 Å². The minimum Gasteiger partial charge on any atom is -0.449 e. The summed E-state index contributed by atoms with van der Waals surface area (Å²) in [7, 11) is 0. The van der Waals surface area contributed by atoms with E-state index in [1.165, 1.54) is 0 Å². The molecule has 0 bridgehead atoms. The van der Waals surface area contributed by atoms with Gasteiger partial charge in [-0.25, -0.2) is 4.98 Å². The summed E-state index contributed by atoms with van der Waals surface area (Å²) >= 11 is 0. The first-order valence-corrected chi connectivity index (χ1v) is 1.75. The van der Waals surface area contributed by atoms with Gasteiger partial charge >= 0.3 is 0 Å². The predicted octanol–water partition coefficient (Wildman–Crippen LogP) is 0.981. The topological polar surface area (TPSA) is 26.0 Å². The van der Waals surface area contributed by atoms with Crippen molar-refractivity contribution in [2.75, 3.05) is 0 Å². The van der Waals surface area contributed by atoms with Gasteiger partial charge in [-0.1, -0.05) is 0 Å². The summed E-state index contributed by atoms with van der Waals surface area (Å²) in [4.78, 5) is 3.75. The first-order valence-electron chi connectivity index (χ1n) is 1.75. The molecule has 0 saturated heterocycles. The van der Waals surface area contributed by atoms with Crippen molar-refractivity contribution in [3.63, 3.8) is 0 Å². The van der Waals surface area contributed by atoms with Crippen molar-refractivity contribution in [2.45, 2.75) is 6.92 Å². The first kappa shape index (κ1) is 6.90. The van der Waals surface area contributed by atoms with E-state index in [0.717, 1.165) is 5.89 Å². The van der Waals surface area contributed by atoms with E-state index in [-0.39, 0.29) is 21.1 Å². The summed E-state index contributed by atoms with van der Waals surface area (Å²) in [6.45, 7) is 1.81. The SMILES string of the molecule is Cc1ncco1.[Pt]. The van der Waals surface area contributed by atoms with Gasteiger partial charge in [0.2, 0.25) is 0 Å². The maximum absolute atomic E-state index is 4.72. The molecule has 1 aromatic heterocycles. The second-order valence-electron chi connectivity index (χ2n) is 1.05. The number of oxazole rings is 1. The molecule has 0 N–H and O–H groups in total. The van der Waals surface area contributed by atoms with Crippen molar-refractivity contribution < 1.29 is 25.5 Å². The summed E-state index contributed by atoms with van der Waals surface area (Å²) < 4.78 is 4.72. The van der Waals surface area contributed by atoms with Crippen LogP contribution < -0.4 is 0 Å². The number of hydrogen-bond donors (Lipinski definition) is 0. The van der Waals surface area contributed by atoms with Crippen LogP contribution in [0.25, 0.3) is 0 Å². The molecule has 0 aliphatic rings. The van der Waals surface area contributed by atoms with Crippen LogP contribution in [0.5, 0.6) is 0 Å². The average Bonchev–Trinajstić information content (AvgIpc) is 1.86. The van der Waals surface area contributed by atoms with Gasteiger partial charge in [0, 0.05) is 28.0 Å². The van der Waals surface area contributed by atoms with Crippen LogP contribution in [0.15, 0.2) is 16.9 Å². The third-order valence-electron chi connectivity index (χ3n) is 0.556. The van der Waals surface area contributed by atoms with E-state index in [1.807, 2.05) is 0 Å². The molecule has 0 fully saturated rings. The second kappa shape index (κ2) is 2.97. The Bertz CT molecular complexity index is 115. The maximum Gasteiger partial charge on any atom is 0.190 e. The molecule has 0 unspecified atom stereocenters. The Morgan fingerprint density at radius 2 is 2.43 bits per heavy atom. The number of rotatable bonds is 0. The molecule has 0 spiro atoms.